The Kier molecular flexibility index (Phi) is 3.56. The van der Waals surface area contributed by atoms with Gasteiger partial charge in [0.05, 0.1) is 0 Å². The molecule has 0 saturated carbocycles. The van der Waals surface area contributed by atoms with E-state index < -0.39 is 0 Å². The van der Waals surface area contributed by atoms with Gasteiger partial charge in [0.15, 0.2) is 0 Å². The lowest BCUT2D eigenvalue weighted by molar-refractivity contribution is 0.464. The molecule has 2 N–H and O–H groups in total. The van der Waals surface area contributed by atoms with Crippen molar-refractivity contribution >= 4 is 16.5 Å². The van der Waals surface area contributed by atoms with E-state index in [4.69, 9.17) is 10.5 Å². The van der Waals surface area contributed by atoms with E-state index in [1.54, 1.807) is 6.20 Å². The number of nitrogens with two attached hydrogens (primary N) is 1. The van der Waals surface area contributed by atoms with Gasteiger partial charge in [-0.15, -0.1) is 6.58 Å². The molecule has 2 aromatic carbocycles. The third-order valence-corrected chi connectivity index (χ3v) is 3.29. The molecule has 104 valence electrons. The monoisotopic (exact) mass is 276 g/mol. The van der Waals surface area contributed by atoms with Crippen molar-refractivity contribution in [3.8, 4) is 11.6 Å². The molecule has 1 heterocycles. The predicted molar refractivity (Wildman–Crippen MR) is 86.6 cm³/mol. The minimum atomic E-state index is 0.600. The summed E-state index contributed by atoms with van der Waals surface area (Å²) in [5, 5.41) is 2.09. The zero-order chi connectivity index (χ0) is 14.7. The van der Waals surface area contributed by atoms with E-state index in [2.05, 4.69) is 11.6 Å². The lowest BCUT2D eigenvalue weighted by Crippen LogP contribution is -1.95. The first-order chi connectivity index (χ1) is 10.3. The number of aromatic nitrogens is 1. The highest BCUT2D eigenvalue weighted by molar-refractivity contribution is 5.86. The predicted octanol–water partition coefficient (Wildman–Crippen LogP) is 4.34. The Morgan fingerprint density at radius 1 is 1.14 bits per heavy atom. The SMILES string of the molecule is C=CCc1cc(N)ccc1Oc1nccc2ccccc12. The number of nitrogen functional groups attached to an aromatic ring is 1. The number of allylic oxidation sites excluding steroid dienone is 1. The number of nitrogens with zero attached hydrogens (tertiary/aromatic N) is 1. The topological polar surface area (TPSA) is 48.1 Å². The highest BCUT2D eigenvalue weighted by Crippen LogP contribution is 2.31. The van der Waals surface area contributed by atoms with Crippen LogP contribution in [0.3, 0.4) is 0 Å². The minimum absolute atomic E-state index is 0.600. The van der Waals surface area contributed by atoms with Crippen molar-refractivity contribution in [1.82, 2.24) is 4.98 Å². The normalized spacial score (nSPS) is 10.5. The van der Waals surface area contributed by atoms with E-state index in [0.717, 1.165) is 22.1 Å². The first kappa shape index (κ1) is 13.2. The highest BCUT2D eigenvalue weighted by Gasteiger charge is 2.08. The van der Waals surface area contributed by atoms with Crippen LogP contribution in [-0.4, -0.2) is 4.98 Å². The number of rotatable bonds is 4. The van der Waals surface area contributed by atoms with Crippen molar-refractivity contribution in [2.75, 3.05) is 5.73 Å². The van der Waals surface area contributed by atoms with Crippen LogP contribution in [0.2, 0.25) is 0 Å². The summed E-state index contributed by atoms with van der Waals surface area (Å²) in [7, 11) is 0. The number of fused-ring (bicyclic) bond motifs is 1. The van der Waals surface area contributed by atoms with E-state index in [-0.39, 0.29) is 0 Å². The van der Waals surface area contributed by atoms with Crippen molar-refractivity contribution in [2.45, 2.75) is 6.42 Å². The molecule has 0 aliphatic heterocycles. The van der Waals surface area contributed by atoms with Gasteiger partial charge in [0.25, 0.3) is 0 Å². The molecule has 0 spiro atoms. The number of ether oxygens (including phenoxy) is 1. The Morgan fingerprint density at radius 3 is 2.86 bits per heavy atom. The van der Waals surface area contributed by atoms with Gasteiger partial charge < -0.3 is 10.5 Å². The molecule has 0 fully saturated rings. The average molecular weight is 276 g/mol. The van der Waals surface area contributed by atoms with Crippen LogP contribution in [-0.2, 0) is 6.42 Å². The van der Waals surface area contributed by atoms with Crippen LogP contribution in [0, 0.1) is 0 Å². The van der Waals surface area contributed by atoms with E-state index >= 15 is 0 Å². The van der Waals surface area contributed by atoms with Crippen molar-refractivity contribution in [3.05, 3.63) is 72.9 Å². The molecule has 0 radical (unpaired) electrons. The fourth-order valence-electron chi connectivity index (χ4n) is 2.29. The first-order valence-corrected chi connectivity index (χ1v) is 6.79. The molecule has 0 atom stereocenters. The van der Waals surface area contributed by atoms with E-state index in [1.807, 2.05) is 54.6 Å². The Labute approximate surface area is 123 Å². The molecule has 0 aliphatic carbocycles. The van der Waals surface area contributed by atoms with Crippen molar-refractivity contribution in [2.24, 2.45) is 0 Å². The number of hydrogen-bond acceptors (Lipinski definition) is 3. The first-order valence-electron chi connectivity index (χ1n) is 6.79. The van der Waals surface area contributed by atoms with Crippen molar-refractivity contribution < 1.29 is 4.74 Å². The van der Waals surface area contributed by atoms with Gasteiger partial charge in [0, 0.05) is 22.8 Å². The second-order valence-corrected chi connectivity index (χ2v) is 4.80. The largest absolute Gasteiger partial charge is 0.438 e. The smallest absolute Gasteiger partial charge is 0.227 e. The zero-order valence-corrected chi connectivity index (χ0v) is 11.6. The highest BCUT2D eigenvalue weighted by atomic mass is 16.5. The quantitative estimate of drug-likeness (QED) is 0.569. The van der Waals surface area contributed by atoms with Crippen LogP contribution in [0.5, 0.6) is 11.6 Å². The molecule has 3 rings (SSSR count). The van der Waals surface area contributed by atoms with Gasteiger partial charge in [0.2, 0.25) is 5.88 Å². The summed E-state index contributed by atoms with van der Waals surface area (Å²) in [6.07, 6.45) is 4.28. The fraction of sp³-hybridized carbons (Fsp3) is 0.0556. The molecule has 0 unspecified atom stereocenters. The van der Waals surface area contributed by atoms with Crippen molar-refractivity contribution in [3.63, 3.8) is 0 Å². The Hall–Kier alpha value is -2.81. The molecular weight excluding hydrogens is 260 g/mol. The van der Waals surface area contributed by atoms with Gasteiger partial charge in [-0.05, 0) is 42.1 Å². The molecule has 0 bridgehead atoms. The maximum absolute atomic E-state index is 6.02. The molecule has 0 aliphatic rings. The van der Waals surface area contributed by atoms with E-state index in [0.29, 0.717) is 18.0 Å². The van der Waals surface area contributed by atoms with Crippen LogP contribution in [0.4, 0.5) is 5.69 Å². The van der Waals surface area contributed by atoms with Crippen molar-refractivity contribution in [1.29, 1.82) is 0 Å². The van der Waals surface area contributed by atoms with Crippen LogP contribution in [0.1, 0.15) is 5.56 Å². The lowest BCUT2D eigenvalue weighted by atomic mass is 10.1. The summed E-state index contributed by atoms with van der Waals surface area (Å²) >= 11 is 0. The fourth-order valence-corrected chi connectivity index (χ4v) is 2.29. The van der Waals surface area contributed by atoms with E-state index in [1.165, 1.54) is 0 Å². The molecule has 0 amide bonds. The Morgan fingerprint density at radius 2 is 2.00 bits per heavy atom. The average Bonchev–Trinajstić information content (AvgIpc) is 2.50. The van der Waals surface area contributed by atoms with Gasteiger partial charge in [0.1, 0.15) is 5.75 Å². The summed E-state index contributed by atoms with van der Waals surface area (Å²) < 4.78 is 6.02. The summed E-state index contributed by atoms with van der Waals surface area (Å²) in [6, 6.07) is 15.6. The van der Waals surface area contributed by atoms with Gasteiger partial charge in [-0.1, -0.05) is 24.3 Å². The lowest BCUT2D eigenvalue weighted by Gasteiger charge is -2.11. The number of hydrogen-bond donors (Lipinski definition) is 1. The maximum Gasteiger partial charge on any atom is 0.227 e. The summed E-state index contributed by atoms with van der Waals surface area (Å²) in [4.78, 5) is 4.35. The third-order valence-electron chi connectivity index (χ3n) is 3.29. The number of anilines is 1. The van der Waals surface area contributed by atoms with Gasteiger partial charge in [-0.25, -0.2) is 4.98 Å². The van der Waals surface area contributed by atoms with Gasteiger partial charge in [-0.3, -0.25) is 0 Å². The van der Waals surface area contributed by atoms with Crippen LogP contribution in [0.25, 0.3) is 10.8 Å². The molecule has 3 nitrogen and oxygen atoms in total. The molecule has 21 heavy (non-hydrogen) atoms. The van der Waals surface area contributed by atoms with Crippen LogP contribution < -0.4 is 10.5 Å². The maximum atomic E-state index is 6.02. The second-order valence-electron chi connectivity index (χ2n) is 4.80. The molecular formula is C18H16N2O. The Balaban J connectivity index is 2.04. The molecule has 0 saturated heterocycles. The third kappa shape index (κ3) is 2.72. The zero-order valence-electron chi connectivity index (χ0n) is 11.6. The van der Waals surface area contributed by atoms with E-state index in [9.17, 15) is 0 Å². The van der Waals surface area contributed by atoms with Gasteiger partial charge in [-0.2, -0.15) is 0 Å². The second kappa shape index (κ2) is 5.67. The summed E-state index contributed by atoms with van der Waals surface area (Å²) in [5.74, 6) is 1.36. The summed E-state index contributed by atoms with van der Waals surface area (Å²) in [6.45, 7) is 3.77. The standard InChI is InChI=1S/C18H16N2O/c1-2-5-14-12-15(19)8-9-17(14)21-18-16-7-4-3-6-13(16)10-11-20-18/h2-4,6-12H,1,5,19H2. The number of benzene rings is 2. The number of pyridine rings is 1. The molecule has 1 aromatic heterocycles. The summed E-state index contributed by atoms with van der Waals surface area (Å²) in [5.41, 5.74) is 7.55. The molecule has 3 aromatic rings. The Bertz CT molecular complexity index is 791. The van der Waals surface area contributed by atoms with Crippen LogP contribution in [0.15, 0.2) is 67.4 Å². The minimum Gasteiger partial charge on any atom is -0.438 e. The molecule has 3 heteroatoms. The van der Waals surface area contributed by atoms with Crippen LogP contribution >= 0.6 is 0 Å². The van der Waals surface area contributed by atoms with Gasteiger partial charge >= 0.3 is 0 Å².